The van der Waals surface area contributed by atoms with Gasteiger partial charge in [0.05, 0.1) is 6.61 Å². The number of halogens is 2. The summed E-state index contributed by atoms with van der Waals surface area (Å²) in [6.45, 7) is -0.0768. The van der Waals surface area contributed by atoms with Gasteiger partial charge in [-0.3, -0.25) is 9.63 Å². The summed E-state index contributed by atoms with van der Waals surface area (Å²) in [6.07, 6.45) is 0. The SMILES string of the molecule is O=C(COc1ccc(Br)cc1F)NOCc1ccccc1. The lowest BCUT2D eigenvalue weighted by atomic mass is 10.2. The number of carbonyl (C=O) groups is 1. The highest BCUT2D eigenvalue weighted by molar-refractivity contribution is 9.10. The van der Waals surface area contributed by atoms with Crippen molar-refractivity contribution in [2.75, 3.05) is 6.61 Å². The Hall–Kier alpha value is -1.92. The van der Waals surface area contributed by atoms with Crippen LogP contribution in [-0.4, -0.2) is 12.5 Å². The van der Waals surface area contributed by atoms with Crippen molar-refractivity contribution in [1.82, 2.24) is 5.48 Å². The summed E-state index contributed by atoms with van der Waals surface area (Å²) in [6, 6.07) is 13.7. The van der Waals surface area contributed by atoms with Gasteiger partial charge in [-0.2, -0.15) is 0 Å². The molecule has 0 bridgehead atoms. The maximum atomic E-state index is 13.5. The smallest absolute Gasteiger partial charge is 0.281 e. The van der Waals surface area contributed by atoms with E-state index in [4.69, 9.17) is 9.57 Å². The number of hydroxylamine groups is 1. The Balaban J connectivity index is 1.72. The highest BCUT2D eigenvalue weighted by Gasteiger charge is 2.07. The van der Waals surface area contributed by atoms with E-state index < -0.39 is 11.7 Å². The van der Waals surface area contributed by atoms with Gasteiger partial charge in [0.1, 0.15) is 0 Å². The van der Waals surface area contributed by atoms with Crippen LogP contribution in [0.1, 0.15) is 5.56 Å². The first-order valence-corrected chi connectivity index (χ1v) is 6.97. The van der Waals surface area contributed by atoms with Crippen molar-refractivity contribution in [3.63, 3.8) is 0 Å². The predicted molar refractivity (Wildman–Crippen MR) is 79.0 cm³/mol. The summed E-state index contributed by atoms with van der Waals surface area (Å²) in [7, 11) is 0. The van der Waals surface area contributed by atoms with Gasteiger partial charge in [-0.15, -0.1) is 0 Å². The Kier molecular flexibility index (Phi) is 5.71. The minimum absolute atomic E-state index is 0.0106. The lowest BCUT2D eigenvalue weighted by molar-refractivity contribution is -0.136. The number of carbonyl (C=O) groups excluding carboxylic acids is 1. The molecule has 2 aromatic carbocycles. The van der Waals surface area contributed by atoms with E-state index in [0.717, 1.165) is 5.56 Å². The van der Waals surface area contributed by atoms with Gasteiger partial charge >= 0.3 is 0 Å². The predicted octanol–water partition coefficient (Wildman–Crippen LogP) is 3.22. The van der Waals surface area contributed by atoms with Gasteiger partial charge in [-0.25, -0.2) is 9.87 Å². The van der Waals surface area contributed by atoms with E-state index in [1.807, 2.05) is 30.3 Å². The highest BCUT2D eigenvalue weighted by Crippen LogP contribution is 2.21. The van der Waals surface area contributed by atoms with E-state index >= 15 is 0 Å². The molecule has 6 heteroatoms. The van der Waals surface area contributed by atoms with E-state index in [-0.39, 0.29) is 19.0 Å². The average Bonchev–Trinajstić information content (AvgIpc) is 2.47. The topological polar surface area (TPSA) is 47.6 Å². The van der Waals surface area contributed by atoms with Crippen LogP contribution in [-0.2, 0) is 16.2 Å². The third-order valence-corrected chi connectivity index (χ3v) is 3.01. The molecule has 0 radical (unpaired) electrons. The molecule has 0 aliphatic carbocycles. The fourth-order valence-corrected chi connectivity index (χ4v) is 1.87. The van der Waals surface area contributed by atoms with Crippen LogP contribution in [0.5, 0.6) is 5.75 Å². The highest BCUT2D eigenvalue weighted by atomic mass is 79.9. The Morgan fingerprint density at radius 3 is 2.67 bits per heavy atom. The van der Waals surface area contributed by atoms with E-state index in [2.05, 4.69) is 21.4 Å². The first-order valence-electron chi connectivity index (χ1n) is 6.17. The summed E-state index contributed by atoms with van der Waals surface area (Å²) < 4.78 is 19.1. The molecular formula is C15H13BrFNO3. The quantitative estimate of drug-likeness (QED) is 0.811. The molecule has 0 saturated heterocycles. The summed E-state index contributed by atoms with van der Waals surface area (Å²) in [5.74, 6) is -1.02. The molecule has 0 aliphatic rings. The zero-order valence-corrected chi connectivity index (χ0v) is 12.6. The van der Waals surface area contributed by atoms with Crippen molar-refractivity contribution in [3.05, 3.63) is 64.4 Å². The monoisotopic (exact) mass is 353 g/mol. The summed E-state index contributed by atoms with van der Waals surface area (Å²) >= 11 is 3.14. The summed E-state index contributed by atoms with van der Waals surface area (Å²) in [5, 5.41) is 0. The number of amides is 1. The largest absolute Gasteiger partial charge is 0.481 e. The molecule has 4 nitrogen and oxygen atoms in total. The van der Waals surface area contributed by atoms with Gasteiger partial charge in [0.2, 0.25) is 0 Å². The van der Waals surface area contributed by atoms with Crippen LogP contribution in [0.25, 0.3) is 0 Å². The Morgan fingerprint density at radius 2 is 1.95 bits per heavy atom. The van der Waals surface area contributed by atoms with Gasteiger partial charge in [-0.1, -0.05) is 46.3 Å². The average molecular weight is 354 g/mol. The fourth-order valence-electron chi connectivity index (χ4n) is 1.54. The third-order valence-electron chi connectivity index (χ3n) is 2.52. The summed E-state index contributed by atoms with van der Waals surface area (Å²) in [4.78, 5) is 16.5. The van der Waals surface area contributed by atoms with Crippen molar-refractivity contribution in [2.24, 2.45) is 0 Å². The molecule has 0 unspecified atom stereocenters. The Bertz CT molecular complexity index is 607. The van der Waals surface area contributed by atoms with Crippen LogP contribution < -0.4 is 10.2 Å². The molecule has 0 fully saturated rings. The van der Waals surface area contributed by atoms with Crippen LogP contribution in [0.2, 0.25) is 0 Å². The van der Waals surface area contributed by atoms with Crippen molar-refractivity contribution in [2.45, 2.75) is 6.61 Å². The van der Waals surface area contributed by atoms with Gasteiger partial charge in [0.25, 0.3) is 5.91 Å². The number of benzene rings is 2. The Morgan fingerprint density at radius 1 is 1.19 bits per heavy atom. The summed E-state index contributed by atoms with van der Waals surface area (Å²) in [5.41, 5.74) is 3.16. The van der Waals surface area contributed by atoms with Gasteiger partial charge < -0.3 is 4.74 Å². The second kappa shape index (κ2) is 7.75. The van der Waals surface area contributed by atoms with Gasteiger partial charge in [0, 0.05) is 4.47 Å². The normalized spacial score (nSPS) is 10.2. The third kappa shape index (κ3) is 5.17. The number of ether oxygens (including phenoxy) is 1. The minimum atomic E-state index is -0.539. The standard InChI is InChI=1S/C15H13BrFNO3/c16-12-6-7-14(13(17)8-12)20-10-15(19)18-21-9-11-4-2-1-3-5-11/h1-8H,9-10H2,(H,18,19). The van der Waals surface area contributed by atoms with Crippen molar-refractivity contribution in [1.29, 1.82) is 0 Å². The molecule has 21 heavy (non-hydrogen) atoms. The van der Waals surface area contributed by atoms with E-state index in [1.165, 1.54) is 12.1 Å². The zero-order chi connectivity index (χ0) is 15.1. The zero-order valence-electron chi connectivity index (χ0n) is 11.0. The van der Waals surface area contributed by atoms with Gasteiger partial charge in [-0.05, 0) is 23.8 Å². The van der Waals surface area contributed by atoms with E-state index in [1.54, 1.807) is 6.07 Å². The van der Waals surface area contributed by atoms with Crippen LogP contribution >= 0.6 is 15.9 Å². The molecule has 110 valence electrons. The first kappa shape index (κ1) is 15.5. The van der Waals surface area contributed by atoms with Crippen LogP contribution in [0.3, 0.4) is 0 Å². The first-order chi connectivity index (χ1) is 10.1. The molecule has 0 atom stereocenters. The molecule has 0 heterocycles. The molecule has 2 rings (SSSR count). The van der Waals surface area contributed by atoms with Gasteiger partial charge in [0.15, 0.2) is 18.2 Å². The molecule has 1 N–H and O–H groups in total. The lowest BCUT2D eigenvalue weighted by Gasteiger charge is -2.08. The molecule has 1 amide bonds. The maximum Gasteiger partial charge on any atom is 0.281 e. The van der Waals surface area contributed by atoms with Crippen molar-refractivity contribution in [3.8, 4) is 5.75 Å². The van der Waals surface area contributed by atoms with E-state index in [9.17, 15) is 9.18 Å². The second-order valence-electron chi connectivity index (χ2n) is 4.16. The second-order valence-corrected chi connectivity index (χ2v) is 5.08. The molecule has 0 aliphatic heterocycles. The van der Waals surface area contributed by atoms with Crippen LogP contribution in [0.15, 0.2) is 53.0 Å². The molecule has 0 saturated carbocycles. The lowest BCUT2D eigenvalue weighted by Crippen LogP contribution is -2.29. The molecule has 2 aromatic rings. The van der Waals surface area contributed by atoms with Crippen LogP contribution in [0.4, 0.5) is 4.39 Å². The van der Waals surface area contributed by atoms with Crippen molar-refractivity contribution < 1.29 is 18.8 Å². The van der Waals surface area contributed by atoms with Crippen molar-refractivity contribution >= 4 is 21.8 Å². The fraction of sp³-hybridized carbons (Fsp3) is 0.133. The van der Waals surface area contributed by atoms with E-state index in [0.29, 0.717) is 4.47 Å². The number of nitrogens with one attached hydrogen (secondary N) is 1. The minimum Gasteiger partial charge on any atom is -0.481 e. The molecular weight excluding hydrogens is 341 g/mol. The number of hydrogen-bond acceptors (Lipinski definition) is 3. The Labute approximate surface area is 130 Å². The molecule has 0 spiro atoms. The maximum absolute atomic E-state index is 13.5. The number of rotatable bonds is 6. The number of hydrogen-bond donors (Lipinski definition) is 1. The molecule has 0 aromatic heterocycles. The van der Waals surface area contributed by atoms with Crippen LogP contribution in [0, 0.1) is 5.82 Å².